The van der Waals surface area contributed by atoms with Gasteiger partial charge in [0.2, 0.25) is 0 Å². The Kier molecular flexibility index (Phi) is 17.5. The number of anilines is 2. The van der Waals surface area contributed by atoms with Crippen molar-refractivity contribution in [3.05, 3.63) is 132 Å². The van der Waals surface area contributed by atoms with E-state index in [4.69, 9.17) is 4.98 Å². The summed E-state index contributed by atoms with van der Waals surface area (Å²) in [6.45, 7) is 6.11. The molecule has 5 rings (SSSR count). The Hall–Kier alpha value is -5.74. The first-order valence-electron chi connectivity index (χ1n) is 17.6. The molecule has 342 valence electrons. The summed E-state index contributed by atoms with van der Waals surface area (Å²) in [6, 6.07) is 25.3. The van der Waals surface area contributed by atoms with E-state index in [0.717, 1.165) is 33.9 Å². The topological polar surface area (TPSA) is 74.2 Å². The Labute approximate surface area is 351 Å². The van der Waals surface area contributed by atoms with Gasteiger partial charge in [0, 0.05) is 44.5 Å². The molecule has 0 radical (unpaired) electrons. The number of Topliss-reactive ketones (excluding diaryl/α,β-unsaturated/α-hetero) is 2. The van der Waals surface area contributed by atoms with Crippen LogP contribution < -0.4 is 18.9 Å². The molecule has 0 saturated carbocycles. The van der Waals surface area contributed by atoms with Gasteiger partial charge in [0.15, 0.2) is 0 Å². The average Bonchev–Trinajstić information content (AvgIpc) is 3.11. The van der Waals surface area contributed by atoms with Gasteiger partial charge in [-0.05, 0) is 98.5 Å². The number of carbonyl (C=O) groups excluding carboxylic acids is 2. The van der Waals surface area contributed by atoms with Crippen molar-refractivity contribution < 1.29 is 69.1 Å². The number of ketones is 2. The predicted octanol–water partition coefficient (Wildman–Crippen LogP) is 13.5. The normalized spacial score (nSPS) is 13.4. The summed E-state index contributed by atoms with van der Waals surface area (Å²) >= 11 is 0. The fraction of sp³-hybridized carbons (Fsp3) is 0.200. The number of hydrogen-bond acceptors (Lipinski definition) is 6. The third-order valence-corrected chi connectivity index (χ3v) is 6.60. The van der Waals surface area contributed by atoms with Crippen LogP contribution in [0.4, 0.5) is 61.7 Å². The van der Waals surface area contributed by atoms with Crippen molar-refractivity contribution in [3.8, 4) is 11.6 Å². The third kappa shape index (κ3) is 31.2. The van der Waals surface area contributed by atoms with Crippen molar-refractivity contribution in [3.63, 3.8) is 0 Å². The molecule has 8 nitrogen and oxygen atoms in total. The van der Waals surface area contributed by atoms with E-state index in [9.17, 15) is 60.0 Å². The molecule has 0 spiro atoms. The zero-order valence-corrected chi connectivity index (χ0v) is 36.4. The van der Waals surface area contributed by atoms with Crippen molar-refractivity contribution in [1.82, 2.24) is 9.97 Å². The second-order valence-corrected chi connectivity index (χ2v) is 17.5. The van der Waals surface area contributed by atoms with E-state index >= 15 is 0 Å². The monoisotopic (exact) mass is 932 g/mol. The number of aromatic nitrogens is 4. The van der Waals surface area contributed by atoms with Gasteiger partial charge in [0.1, 0.15) is 24.0 Å². The van der Waals surface area contributed by atoms with E-state index in [1.54, 1.807) is 12.4 Å². The second-order valence-electron chi connectivity index (χ2n) is 13.7. The fourth-order valence-corrected chi connectivity index (χ4v) is 4.15. The van der Waals surface area contributed by atoms with Crippen LogP contribution in [0.2, 0.25) is 0 Å². The first kappa shape index (κ1) is 54.3. The third-order valence-electron chi connectivity index (χ3n) is 6.60. The summed E-state index contributed by atoms with van der Waals surface area (Å²) < 4.78 is 122. The summed E-state index contributed by atoms with van der Waals surface area (Å²) in [5.41, 5.74) is 6.94. The van der Waals surface area contributed by atoms with E-state index in [1.165, 1.54) is 39.1 Å². The Morgan fingerprint density at radius 3 is 0.871 bits per heavy atom. The summed E-state index contributed by atoms with van der Waals surface area (Å²) in [4.78, 5) is 32.3. The van der Waals surface area contributed by atoms with Crippen LogP contribution in [0, 0.1) is 0 Å². The molecule has 0 aliphatic carbocycles. The minimum absolute atomic E-state index is 0.167. The van der Waals surface area contributed by atoms with Gasteiger partial charge in [-0.2, -0.15) is 0 Å². The first-order valence-corrected chi connectivity index (χ1v) is 21.7. The Morgan fingerprint density at radius 1 is 0.452 bits per heavy atom. The van der Waals surface area contributed by atoms with Crippen LogP contribution in [-0.4, -0.2) is 49.7 Å². The molecule has 0 aliphatic heterocycles. The molecule has 0 saturated heterocycles. The van der Waals surface area contributed by atoms with Gasteiger partial charge in [0.25, 0.3) is 0 Å². The Balaban J connectivity index is 0.000000720. The molecule has 3 heterocycles. The number of hydrogen-bond donors (Lipinski definition) is 0. The quantitative estimate of drug-likeness (QED) is 0.0877. The maximum atomic E-state index is 9.87. The maximum absolute atomic E-state index is 10.7. The summed E-state index contributed by atoms with van der Waals surface area (Å²) in [7, 11) is -13.1. The molecule has 0 unspecified atom stereocenters. The van der Waals surface area contributed by atoms with E-state index < -0.39 is 15.6 Å². The van der Waals surface area contributed by atoms with Gasteiger partial charge in [-0.3, -0.25) is 0 Å². The molecular weight excluding hydrogens is 886 g/mol. The molecule has 22 heteroatoms. The number of halogens is 12. The zero-order chi connectivity index (χ0) is 47.9. The molecule has 0 bridgehead atoms. The van der Waals surface area contributed by atoms with Crippen molar-refractivity contribution in [2.45, 2.75) is 27.7 Å². The van der Waals surface area contributed by atoms with Gasteiger partial charge < -0.3 is 19.4 Å². The zero-order valence-electron chi connectivity index (χ0n) is 34.6. The van der Waals surface area contributed by atoms with Gasteiger partial charge in [0.05, 0.1) is 24.8 Å². The molecule has 0 fully saturated rings. The molecule has 0 N–H and O–H groups in total. The van der Waals surface area contributed by atoms with Gasteiger partial charge >= 0.3 is 77.6 Å². The number of rotatable bonds is 8. The molecule has 0 aliphatic rings. The van der Waals surface area contributed by atoms with Crippen LogP contribution >= 0.6 is 15.6 Å². The fourth-order valence-electron chi connectivity index (χ4n) is 4.15. The van der Waals surface area contributed by atoms with Crippen LogP contribution in [0.25, 0.3) is 35.9 Å². The number of carbonyl (C=O) groups is 2. The summed E-state index contributed by atoms with van der Waals surface area (Å²) in [6.07, 6.45) is 20.0. The van der Waals surface area contributed by atoms with Crippen LogP contribution in [0.3, 0.4) is 0 Å². The molecule has 62 heavy (non-hydrogen) atoms. The van der Waals surface area contributed by atoms with Crippen LogP contribution in [0.1, 0.15) is 49.9 Å². The number of pyridine rings is 2. The Morgan fingerprint density at radius 2 is 0.661 bits per heavy atom. The Bertz CT molecular complexity index is 2100. The number of nitrogens with zero attached hydrogens (tertiary/aromatic N) is 6. The van der Waals surface area contributed by atoms with Gasteiger partial charge in [-0.25, -0.2) is 14.1 Å². The van der Waals surface area contributed by atoms with Crippen LogP contribution in [0.15, 0.2) is 110 Å². The minimum atomic E-state index is -10.7. The average molecular weight is 933 g/mol. The second kappa shape index (κ2) is 20.0. The van der Waals surface area contributed by atoms with Crippen molar-refractivity contribution in [2.75, 3.05) is 38.0 Å². The van der Waals surface area contributed by atoms with E-state index in [1.807, 2.05) is 62.1 Å². The van der Waals surface area contributed by atoms with Crippen LogP contribution in [-0.2, 0) is 9.59 Å². The van der Waals surface area contributed by atoms with Crippen molar-refractivity contribution in [2.24, 2.45) is 0 Å². The van der Waals surface area contributed by atoms with Crippen molar-refractivity contribution in [1.29, 1.82) is 0 Å². The first-order chi connectivity index (χ1) is 27.8. The van der Waals surface area contributed by atoms with E-state index in [0.29, 0.717) is 0 Å². The molecular formula is C40H46F12N6O2P2. The van der Waals surface area contributed by atoms with Crippen molar-refractivity contribution >= 4 is 62.9 Å². The molecule has 0 amide bonds. The molecule has 2 aromatic carbocycles. The molecule has 0 atom stereocenters. The summed E-state index contributed by atoms with van der Waals surface area (Å²) in [5.74, 6) is 1.84. The van der Waals surface area contributed by atoms with Gasteiger partial charge in [-0.15, -0.1) is 0 Å². The standard InChI is InChI=1S/C34H34N6.2C3H6O.2F6P/c1-37(2)31-13-9-27(10-14-31)5-7-29-17-21-39(22-18-29)33-25-35-26-34(36-33)40-23-19-30(20-24-40)8-6-28-11-15-32(16-12-28)38(3)4;2*1-3(2)4;2*1-7(2,3,4,5)6/h5-26H,1-4H3;2*1-2H3;;/q+2;;;2*-1. The van der Waals surface area contributed by atoms with Gasteiger partial charge in [-0.1, -0.05) is 48.6 Å². The molecule has 5 aromatic rings. The number of benzene rings is 2. The van der Waals surface area contributed by atoms with Crippen LogP contribution in [0.5, 0.6) is 0 Å². The SMILES string of the molecule is CC(C)=O.CC(C)=O.CN(C)c1ccc(/C=C/c2cc[n+](-c3cncc(-[n+]4ccc(/C=C/c5ccc(N(C)C)cc5)cc4)n3)cc2)cc1.F[P-](F)(F)(F)(F)F.F[P-](F)(F)(F)(F)F. The predicted molar refractivity (Wildman–Crippen MR) is 224 cm³/mol. The summed E-state index contributed by atoms with van der Waals surface area (Å²) in [5, 5.41) is 0. The molecule has 3 aromatic heterocycles. The van der Waals surface area contributed by atoms with E-state index in [-0.39, 0.29) is 11.6 Å². The van der Waals surface area contributed by atoms with E-state index in [2.05, 4.69) is 112 Å².